The van der Waals surface area contributed by atoms with Gasteiger partial charge in [-0.2, -0.15) is 0 Å². The minimum atomic E-state index is -1.11. The molecule has 0 bridgehead atoms. The van der Waals surface area contributed by atoms with E-state index in [1.165, 1.54) is 6.07 Å². The lowest BCUT2D eigenvalue weighted by Gasteiger charge is -2.27. The summed E-state index contributed by atoms with van der Waals surface area (Å²) in [6.07, 6.45) is 2.71. The van der Waals surface area contributed by atoms with Crippen LogP contribution in [0.4, 0.5) is 15.8 Å². The molecule has 0 unspecified atom stereocenters. The molecule has 3 aromatic rings. The van der Waals surface area contributed by atoms with Crippen molar-refractivity contribution in [3.63, 3.8) is 0 Å². The molecule has 41 heavy (non-hydrogen) atoms. The molecule has 0 fully saturated rings. The fourth-order valence-electron chi connectivity index (χ4n) is 4.51. The van der Waals surface area contributed by atoms with Crippen LogP contribution >= 0.6 is 0 Å². The van der Waals surface area contributed by atoms with E-state index >= 15 is 4.39 Å². The molecule has 0 amide bonds. The Morgan fingerprint density at radius 1 is 0.829 bits per heavy atom. The van der Waals surface area contributed by atoms with Crippen LogP contribution in [-0.4, -0.2) is 47.6 Å². The number of anilines is 2. The first-order valence-electron chi connectivity index (χ1n) is 13.6. The minimum Gasteiger partial charge on any atom is -0.507 e. The molecule has 9 nitrogen and oxygen atoms in total. The summed E-state index contributed by atoms with van der Waals surface area (Å²) in [6, 6.07) is 8.37. The van der Waals surface area contributed by atoms with Crippen molar-refractivity contribution in [2.45, 2.75) is 46.5 Å². The van der Waals surface area contributed by atoms with E-state index in [-0.39, 0.29) is 42.6 Å². The van der Waals surface area contributed by atoms with Gasteiger partial charge < -0.3 is 29.7 Å². The third-order valence-corrected chi connectivity index (χ3v) is 6.55. The Bertz CT molecular complexity index is 1500. The second kappa shape index (κ2) is 12.7. The van der Waals surface area contributed by atoms with Gasteiger partial charge in [0.1, 0.15) is 11.5 Å². The van der Waals surface area contributed by atoms with Crippen LogP contribution in [0.15, 0.2) is 36.4 Å². The molecule has 1 aliphatic rings. The van der Waals surface area contributed by atoms with Crippen molar-refractivity contribution in [2.24, 2.45) is 0 Å². The Morgan fingerprint density at radius 2 is 1.41 bits per heavy atom. The van der Waals surface area contributed by atoms with Gasteiger partial charge in [-0.3, -0.25) is 9.59 Å². The van der Waals surface area contributed by atoms with Crippen LogP contribution in [0.1, 0.15) is 88.7 Å². The van der Waals surface area contributed by atoms with Crippen LogP contribution in [0.3, 0.4) is 0 Å². The van der Waals surface area contributed by atoms with Gasteiger partial charge >= 0.3 is 5.97 Å². The summed E-state index contributed by atoms with van der Waals surface area (Å²) in [5.74, 6) is -5.18. The molecule has 0 radical (unpaired) electrons. The molecule has 1 aliphatic carbocycles. The lowest BCUT2D eigenvalue weighted by Crippen LogP contribution is -2.25. The Hall–Kier alpha value is -4.60. The lowest BCUT2D eigenvalue weighted by atomic mass is 9.81. The van der Waals surface area contributed by atoms with Crippen LogP contribution in [0, 0.1) is 5.82 Å². The van der Waals surface area contributed by atoms with Crippen molar-refractivity contribution in [3.05, 3.63) is 70.0 Å². The van der Waals surface area contributed by atoms with Gasteiger partial charge in [-0.05, 0) is 50.1 Å². The molecule has 0 saturated heterocycles. The first-order valence-corrected chi connectivity index (χ1v) is 13.6. The van der Waals surface area contributed by atoms with Crippen LogP contribution < -0.4 is 14.8 Å². The number of hydrogen-bond donors (Lipinski definition) is 3. The highest BCUT2D eigenvalue weighted by molar-refractivity contribution is 6.32. The Balaban J connectivity index is 2.00. The monoisotopic (exact) mass is 565 g/mol. The summed E-state index contributed by atoms with van der Waals surface area (Å²) in [4.78, 5) is 40.0. The number of hydrogen-bond acceptors (Lipinski definition) is 9. The average Bonchev–Trinajstić information content (AvgIpc) is 2.95. The maximum atomic E-state index is 16.3. The number of halogens is 1. The Kier molecular flexibility index (Phi) is 9.11. The maximum absolute atomic E-state index is 16.3. The number of rotatable bonds is 12. The maximum Gasteiger partial charge on any atom is 0.338 e. The van der Waals surface area contributed by atoms with Crippen LogP contribution in [0.2, 0.25) is 0 Å². The van der Waals surface area contributed by atoms with E-state index in [1.807, 2.05) is 13.8 Å². The quantitative estimate of drug-likeness (QED) is 0.103. The summed E-state index contributed by atoms with van der Waals surface area (Å²) < 4.78 is 33.2. The van der Waals surface area contributed by atoms with E-state index in [9.17, 15) is 24.6 Å². The zero-order valence-electron chi connectivity index (χ0n) is 23.1. The van der Waals surface area contributed by atoms with E-state index in [0.717, 1.165) is 25.0 Å². The van der Waals surface area contributed by atoms with Gasteiger partial charge in [0.15, 0.2) is 17.3 Å². The number of ketones is 2. The van der Waals surface area contributed by atoms with Crippen molar-refractivity contribution in [1.29, 1.82) is 0 Å². The van der Waals surface area contributed by atoms with E-state index in [4.69, 9.17) is 14.2 Å². The lowest BCUT2D eigenvalue weighted by molar-refractivity contribution is 0.0526. The molecular weight excluding hydrogens is 533 g/mol. The number of unbranched alkanes of at least 4 members (excludes halogenated alkanes) is 2. The number of phenols is 2. The summed E-state index contributed by atoms with van der Waals surface area (Å²) in [7, 11) is 0. The number of carbonyl (C=O) groups is 3. The largest absolute Gasteiger partial charge is 0.507 e. The zero-order chi connectivity index (χ0) is 29.7. The summed E-state index contributed by atoms with van der Waals surface area (Å²) in [6.45, 7) is 5.99. The van der Waals surface area contributed by atoms with Crippen molar-refractivity contribution in [3.8, 4) is 23.0 Å². The average molecular weight is 566 g/mol. The van der Waals surface area contributed by atoms with Gasteiger partial charge in [0.05, 0.1) is 53.3 Å². The van der Waals surface area contributed by atoms with E-state index in [0.29, 0.717) is 18.5 Å². The van der Waals surface area contributed by atoms with Gasteiger partial charge in [0.25, 0.3) is 0 Å². The Labute approximate surface area is 236 Å². The molecule has 0 atom stereocenters. The minimum absolute atomic E-state index is 0.0725. The normalized spacial score (nSPS) is 12.0. The molecule has 10 heteroatoms. The molecule has 0 aromatic heterocycles. The van der Waals surface area contributed by atoms with Crippen molar-refractivity contribution in [1.82, 2.24) is 0 Å². The zero-order valence-corrected chi connectivity index (χ0v) is 23.1. The molecule has 4 rings (SSSR count). The second-order valence-electron chi connectivity index (χ2n) is 9.44. The van der Waals surface area contributed by atoms with Crippen molar-refractivity contribution in [2.75, 3.05) is 25.1 Å². The number of fused-ring (bicyclic) bond motifs is 2. The molecule has 216 valence electrons. The highest BCUT2D eigenvalue weighted by Gasteiger charge is 2.42. The van der Waals surface area contributed by atoms with E-state index < -0.39 is 57.1 Å². The predicted molar refractivity (Wildman–Crippen MR) is 150 cm³/mol. The number of nitrogens with one attached hydrogen (secondary N) is 1. The number of ether oxygens (including phenoxy) is 3. The fraction of sp³-hybridized carbons (Fsp3) is 0.323. The van der Waals surface area contributed by atoms with Crippen molar-refractivity contribution >= 4 is 28.9 Å². The molecular formula is C31H32FNO8. The van der Waals surface area contributed by atoms with Crippen LogP contribution in [0.5, 0.6) is 23.0 Å². The molecule has 0 aliphatic heterocycles. The number of phenolic OH excluding ortho intramolecular Hbond substituents is 2. The number of esters is 1. The summed E-state index contributed by atoms with van der Waals surface area (Å²) >= 11 is 0. The third kappa shape index (κ3) is 5.68. The smallest absolute Gasteiger partial charge is 0.338 e. The van der Waals surface area contributed by atoms with E-state index in [1.54, 1.807) is 25.1 Å². The van der Waals surface area contributed by atoms with Gasteiger partial charge in [-0.15, -0.1) is 0 Å². The van der Waals surface area contributed by atoms with Gasteiger partial charge in [-0.1, -0.05) is 32.8 Å². The molecule has 0 saturated carbocycles. The van der Waals surface area contributed by atoms with Gasteiger partial charge in [0, 0.05) is 5.69 Å². The molecule has 0 heterocycles. The fourth-order valence-corrected chi connectivity index (χ4v) is 4.51. The predicted octanol–water partition coefficient (Wildman–Crippen LogP) is 6.29. The second-order valence-corrected chi connectivity index (χ2v) is 9.44. The standard InChI is InChI=1S/C31H32FNO8/c1-4-7-14-40-29-25(32)23-24(28(37)22-20(35)13-12-19(34)21(22)27(23)36)26(30(29)41-15-8-5-2)33-18-11-9-10-17(16-18)31(38)39-6-3/h9-13,16,33-35H,4-8,14-15H2,1-3H3. The van der Waals surface area contributed by atoms with Crippen LogP contribution in [-0.2, 0) is 4.74 Å². The first-order chi connectivity index (χ1) is 19.7. The number of carbonyl (C=O) groups excluding carboxylic acids is 3. The first kappa shape index (κ1) is 29.4. The highest BCUT2D eigenvalue weighted by atomic mass is 19.1. The summed E-state index contributed by atoms with van der Waals surface area (Å²) in [5.41, 5.74) is -1.51. The number of benzene rings is 3. The van der Waals surface area contributed by atoms with E-state index in [2.05, 4.69) is 5.32 Å². The third-order valence-electron chi connectivity index (χ3n) is 6.55. The number of aromatic hydroxyl groups is 2. The van der Waals surface area contributed by atoms with Gasteiger partial charge in [-0.25, -0.2) is 9.18 Å². The molecule has 3 aromatic carbocycles. The summed E-state index contributed by atoms with van der Waals surface area (Å²) in [5, 5.41) is 24.0. The molecule has 3 N–H and O–H groups in total. The SMILES string of the molecule is CCCCOc1c(F)c2c(c(Nc3cccc(C(=O)OCC)c3)c1OCCCC)C(=O)c1c(O)ccc(O)c1C2=O. The highest BCUT2D eigenvalue weighted by Crippen LogP contribution is 2.49. The Morgan fingerprint density at radius 3 is 2.00 bits per heavy atom. The topological polar surface area (TPSA) is 131 Å². The van der Waals surface area contributed by atoms with Gasteiger partial charge in [0.2, 0.25) is 11.6 Å². The van der Waals surface area contributed by atoms with Crippen molar-refractivity contribution < 1.29 is 43.2 Å². The van der Waals surface area contributed by atoms with Crippen LogP contribution in [0.25, 0.3) is 0 Å². The molecule has 0 spiro atoms.